The van der Waals surface area contributed by atoms with E-state index in [2.05, 4.69) is 31.4 Å². The fraction of sp³-hybridized carbons (Fsp3) is 0.238. The van der Waals surface area contributed by atoms with Crippen LogP contribution in [0.15, 0.2) is 52.1 Å². The molecule has 0 radical (unpaired) electrons. The second-order valence-corrected chi connectivity index (χ2v) is 9.32. The number of benzene rings is 2. The van der Waals surface area contributed by atoms with Gasteiger partial charge in [-0.3, -0.25) is 9.59 Å². The van der Waals surface area contributed by atoms with Gasteiger partial charge in [0.25, 0.3) is 5.91 Å². The highest BCUT2D eigenvalue weighted by molar-refractivity contribution is 9.10. The van der Waals surface area contributed by atoms with Crippen molar-refractivity contribution in [2.75, 3.05) is 5.75 Å². The molecule has 0 aliphatic carbocycles. The molecule has 3 rings (SSSR count). The number of amides is 1. The van der Waals surface area contributed by atoms with Crippen LogP contribution in [-0.2, 0) is 6.54 Å². The summed E-state index contributed by atoms with van der Waals surface area (Å²) in [7, 11) is 0. The zero-order valence-corrected chi connectivity index (χ0v) is 20.6. The maximum absolute atomic E-state index is 12.6. The van der Waals surface area contributed by atoms with Crippen molar-refractivity contribution in [1.82, 2.24) is 20.1 Å². The van der Waals surface area contributed by atoms with Crippen LogP contribution in [0.4, 0.5) is 0 Å². The molecule has 1 amide bonds. The number of carbonyl (C=O) groups excluding carboxylic acids is 2. The molecule has 6 nitrogen and oxygen atoms in total. The largest absolute Gasteiger partial charge is 0.342 e. The number of carbonyl (C=O) groups is 2. The van der Waals surface area contributed by atoms with Crippen LogP contribution < -0.4 is 5.32 Å². The number of halogens is 3. The molecule has 0 unspecified atom stereocenters. The third kappa shape index (κ3) is 5.88. The standard InChI is InChI=1S/C21H19BrCl2N4O2S/c1-3-28-19(12(2)25-20(30)16-9-8-15(23)10-17(16)24)26-27-21(28)31-11-18(29)13-4-6-14(22)7-5-13/h4-10,12H,3,11H2,1-2H3,(H,25,30)/t12-/m0/s1. The van der Waals surface area contributed by atoms with Crippen LogP contribution in [-0.4, -0.2) is 32.2 Å². The molecule has 1 aromatic heterocycles. The summed E-state index contributed by atoms with van der Waals surface area (Å²) < 4.78 is 2.80. The molecule has 31 heavy (non-hydrogen) atoms. The number of hydrogen-bond acceptors (Lipinski definition) is 5. The first kappa shape index (κ1) is 23.8. The molecule has 2 aromatic carbocycles. The number of Topliss-reactive ketones (excluding diaryl/α,β-unsaturated/α-hetero) is 1. The number of hydrogen-bond donors (Lipinski definition) is 1. The highest BCUT2D eigenvalue weighted by Gasteiger charge is 2.21. The van der Waals surface area contributed by atoms with E-state index in [0.717, 1.165) is 4.47 Å². The van der Waals surface area contributed by atoms with E-state index in [1.807, 2.05) is 30.5 Å². The molecule has 10 heteroatoms. The predicted octanol–water partition coefficient (Wildman–Crippen LogP) is 5.83. The van der Waals surface area contributed by atoms with Gasteiger partial charge in [0.05, 0.1) is 22.4 Å². The average molecular weight is 542 g/mol. The Kier molecular flexibility index (Phi) is 8.16. The van der Waals surface area contributed by atoms with Crippen molar-refractivity contribution in [3.63, 3.8) is 0 Å². The molecule has 0 saturated heterocycles. The Morgan fingerprint density at radius 3 is 2.52 bits per heavy atom. The van der Waals surface area contributed by atoms with Crippen LogP contribution in [0.5, 0.6) is 0 Å². The van der Waals surface area contributed by atoms with Crippen molar-refractivity contribution in [3.8, 4) is 0 Å². The predicted molar refractivity (Wildman–Crippen MR) is 127 cm³/mol. The van der Waals surface area contributed by atoms with E-state index in [1.165, 1.54) is 17.8 Å². The molecule has 0 saturated carbocycles. The topological polar surface area (TPSA) is 76.9 Å². The number of ketones is 1. The molecule has 3 aromatic rings. The Bertz CT molecular complexity index is 1110. The van der Waals surface area contributed by atoms with Crippen LogP contribution in [0, 0.1) is 0 Å². The normalized spacial score (nSPS) is 11.9. The van der Waals surface area contributed by atoms with Crippen LogP contribution >= 0.6 is 50.9 Å². The second kappa shape index (κ2) is 10.6. The van der Waals surface area contributed by atoms with Crippen LogP contribution in [0.2, 0.25) is 10.0 Å². The zero-order valence-electron chi connectivity index (χ0n) is 16.7. The zero-order chi connectivity index (χ0) is 22.5. The molecule has 1 heterocycles. The minimum atomic E-state index is -0.414. The summed E-state index contributed by atoms with van der Waals surface area (Å²) in [5, 5.41) is 12.7. The molecule has 0 aliphatic rings. The fourth-order valence-corrected chi connectivity index (χ4v) is 4.55. The lowest BCUT2D eigenvalue weighted by atomic mass is 10.2. The highest BCUT2D eigenvalue weighted by Crippen LogP contribution is 2.24. The molecule has 0 bridgehead atoms. The van der Waals surface area contributed by atoms with Gasteiger partial charge in [-0.15, -0.1) is 10.2 Å². The van der Waals surface area contributed by atoms with E-state index < -0.39 is 6.04 Å². The molecular weight excluding hydrogens is 523 g/mol. The van der Waals surface area contributed by atoms with Crippen molar-refractivity contribution < 1.29 is 9.59 Å². The van der Waals surface area contributed by atoms with E-state index >= 15 is 0 Å². The number of aromatic nitrogens is 3. The number of rotatable bonds is 8. The Balaban J connectivity index is 1.69. The molecule has 0 spiro atoms. The first-order chi connectivity index (χ1) is 14.8. The van der Waals surface area contributed by atoms with Gasteiger partial charge >= 0.3 is 0 Å². The summed E-state index contributed by atoms with van der Waals surface area (Å²) in [6, 6.07) is 11.5. The molecule has 0 fully saturated rings. The van der Waals surface area contributed by atoms with Crippen molar-refractivity contribution >= 4 is 62.6 Å². The van der Waals surface area contributed by atoms with Crippen LogP contribution in [0.1, 0.15) is 46.4 Å². The van der Waals surface area contributed by atoms with Gasteiger partial charge < -0.3 is 9.88 Å². The summed E-state index contributed by atoms with van der Waals surface area (Å²) in [6.07, 6.45) is 0. The van der Waals surface area contributed by atoms with E-state index in [4.69, 9.17) is 23.2 Å². The lowest BCUT2D eigenvalue weighted by molar-refractivity contribution is 0.0937. The average Bonchev–Trinajstić information content (AvgIpc) is 3.15. The summed E-state index contributed by atoms with van der Waals surface area (Å²) in [5.41, 5.74) is 0.967. The monoisotopic (exact) mass is 540 g/mol. The Morgan fingerprint density at radius 1 is 1.16 bits per heavy atom. The van der Waals surface area contributed by atoms with Crippen LogP contribution in [0.3, 0.4) is 0 Å². The van der Waals surface area contributed by atoms with Gasteiger partial charge in [0.15, 0.2) is 16.8 Å². The Hall–Kier alpha value is -1.87. The van der Waals surface area contributed by atoms with Gasteiger partial charge in [0, 0.05) is 21.6 Å². The second-order valence-electron chi connectivity index (χ2n) is 6.62. The molecular formula is C21H19BrCl2N4O2S. The summed E-state index contributed by atoms with van der Waals surface area (Å²) in [6.45, 7) is 4.37. The summed E-state index contributed by atoms with van der Waals surface area (Å²) in [4.78, 5) is 25.1. The smallest absolute Gasteiger partial charge is 0.253 e. The highest BCUT2D eigenvalue weighted by atomic mass is 79.9. The SMILES string of the molecule is CCn1c(SCC(=O)c2ccc(Br)cc2)nnc1[C@H](C)NC(=O)c1ccc(Cl)cc1Cl. The molecule has 0 aliphatic heterocycles. The lowest BCUT2D eigenvalue weighted by Crippen LogP contribution is -2.29. The van der Waals surface area contributed by atoms with Crippen molar-refractivity contribution in [1.29, 1.82) is 0 Å². The first-order valence-electron chi connectivity index (χ1n) is 9.40. The van der Waals surface area contributed by atoms with Crippen molar-refractivity contribution in [2.24, 2.45) is 0 Å². The lowest BCUT2D eigenvalue weighted by Gasteiger charge is -2.15. The third-order valence-electron chi connectivity index (χ3n) is 4.47. The van der Waals surface area contributed by atoms with E-state index in [1.54, 1.807) is 24.3 Å². The summed E-state index contributed by atoms with van der Waals surface area (Å²) in [5.74, 6) is 0.503. The minimum Gasteiger partial charge on any atom is -0.342 e. The number of thioether (sulfide) groups is 1. The van der Waals surface area contributed by atoms with Gasteiger partial charge in [-0.05, 0) is 44.2 Å². The van der Waals surface area contributed by atoms with Gasteiger partial charge in [0.2, 0.25) is 0 Å². The summed E-state index contributed by atoms with van der Waals surface area (Å²) >= 11 is 16.7. The van der Waals surface area contributed by atoms with Gasteiger partial charge in [-0.1, -0.05) is 63.0 Å². The minimum absolute atomic E-state index is 0.00318. The Morgan fingerprint density at radius 2 is 1.87 bits per heavy atom. The van der Waals surface area contributed by atoms with E-state index in [9.17, 15) is 9.59 Å². The van der Waals surface area contributed by atoms with Crippen LogP contribution in [0.25, 0.3) is 0 Å². The molecule has 162 valence electrons. The fourth-order valence-electron chi connectivity index (χ4n) is 2.89. The van der Waals surface area contributed by atoms with Crippen molar-refractivity contribution in [3.05, 3.63) is 73.9 Å². The van der Waals surface area contributed by atoms with Gasteiger partial charge in [0.1, 0.15) is 0 Å². The maximum atomic E-state index is 12.6. The van der Waals surface area contributed by atoms with Crippen molar-refractivity contribution in [2.45, 2.75) is 31.6 Å². The van der Waals surface area contributed by atoms with E-state index in [-0.39, 0.29) is 22.5 Å². The third-order valence-corrected chi connectivity index (χ3v) is 6.51. The van der Waals surface area contributed by atoms with Gasteiger partial charge in [-0.2, -0.15) is 0 Å². The van der Waals surface area contributed by atoms with E-state index in [0.29, 0.717) is 33.7 Å². The molecule has 1 N–H and O–H groups in total. The Labute approximate surface area is 202 Å². The quantitative estimate of drug-likeness (QED) is 0.286. The van der Waals surface area contributed by atoms with Gasteiger partial charge in [-0.25, -0.2) is 0 Å². The molecule has 1 atom stereocenters. The first-order valence-corrected chi connectivity index (χ1v) is 11.9. The maximum Gasteiger partial charge on any atom is 0.253 e. The number of nitrogens with one attached hydrogen (secondary N) is 1. The number of nitrogens with zero attached hydrogens (tertiary/aromatic N) is 3.